The molecule has 0 aromatic heterocycles. The van der Waals surface area contributed by atoms with E-state index in [0.717, 1.165) is 26.2 Å². The van der Waals surface area contributed by atoms with E-state index in [2.05, 4.69) is 5.32 Å². The van der Waals surface area contributed by atoms with Crippen LogP contribution in [0, 0.1) is 22.0 Å². The predicted octanol–water partition coefficient (Wildman–Crippen LogP) is 1.32. The molecule has 2 atom stereocenters. The molecule has 0 aliphatic carbocycles. The quantitative estimate of drug-likeness (QED) is 0.668. The summed E-state index contributed by atoms with van der Waals surface area (Å²) >= 11 is 0. The van der Waals surface area contributed by atoms with Crippen LogP contribution in [0.25, 0.3) is 0 Å². The number of nitrogens with one attached hydrogen (secondary N) is 1. The van der Waals surface area contributed by atoms with Crippen molar-refractivity contribution < 1.29 is 14.5 Å². The van der Waals surface area contributed by atoms with Gasteiger partial charge in [0.2, 0.25) is 0 Å². The van der Waals surface area contributed by atoms with Gasteiger partial charge in [0.15, 0.2) is 5.75 Å². The van der Waals surface area contributed by atoms with E-state index in [1.165, 1.54) is 19.2 Å². The molecular formula is C14H18ClN3O4. The van der Waals surface area contributed by atoms with Gasteiger partial charge in [-0.1, -0.05) is 0 Å². The molecule has 1 N–H and O–H groups in total. The lowest BCUT2D eigenvalue weighted by atomic mass is 10.0. The summed E-state index contributed by atoms with van der Waals surface area (Å²) in [6, 6.07) is 4.36. The van der Waals surface area contributed by atoms with Crippen LogP contribution in [0.1, 0.15) is 10.4 Å². The zero-order chi connectivity index (χ0) is 15.0. The number of nitro groups is 1. The topological polar surface area (TPSA) is 84.7 Å². The van der Waals surface area contributed by atoms with Crippen LogP contribution < -0.4 is 10.1 Å². The summed E-state index contributed by atoms with van der Waals surface area (Å²) in [5, 5.41) is 14.3. The Hall–Kier alpha value is -1.86. The molecule has 0 bridgehead atoms. The van der Waals surface area contributed by atoms with Crippen molar-refractivity contribution in [1.82, 2.24) is 10.2 Å². The largest absolute Gasteiger partial charge is 0.490 e. The number of carbonyl (C=O) groups excluding carboxylic acids is 1. The van der Waals surface area contributed by atoms with Gasteiger partial charge in [0, 0.05) is 37.8 Å². The number of nitrogens with zero attached hydrogens (tertiary/aromatic N) is 2. The van der Waals surface area contributed by atoms with Gasteiger partial charge in [0.25, 0.3) is 5.91 Å². The third kappa shape index (κ3) is 2.86. The Labute approximate surface area is 134 Å². The molecule has 8 heteroatoms. The Morgan fingerprint density at radius 3 is 2.55 bits per heavy atom. The number of rotatable bonds is 3. The second-order valence-corrected chi connectivity index (χ2v) is 5.53. The fraction of sp³-hybridized carbons (Fsp3) is 0.500. The number of benzene rings is 1. The molecule has 2 aliphatic heterocycles. The van der Waals surface area contributed by atoms with Crippen LogP contribution in [0.2, 0.25) is 0 Å². The Morgan fingerprint density at radius 1 is 1.36 bits per heavy atom. The number of amides is 1. The Kier molecular flexibility index (Phi) is 4.87. The normalized spacial score (nSPS) is 22.9. The molecule has 22 heavy (non-hydrogen) atoms. The van der Waals surface area contributed by atoms with Gasteiger partial charge in [-0.2, -0.15) is 0 Å². The number of fused-ring (bicyclic) bond motifs is 1. The third-order valence-corrected chi connectivity index (χ3v) is 4.30. The average molecular weight is 328 g/mol. The standard InChI is InChI=1S/C14H17N3O4.ClH/c1-21-13-3-2-9(4-12(13)17(19)20)14(18)16-7-10-5-15-6-11(10)8-16;/h2-4,10-11,15H,5-8H2,1H3;1H/t10-,11+;. The number of carbonyl (C=O) groups is 1. The van der Waals surface area contributed by atoms with Crippen LogP contribution >= 0.6 is 12.4 Å². The van der Waals surface area contributed by atoms with E-state index >= 15 is 0 Å². The molecule has 0 spiro atoms. The van der Waals surface area contributed by atoms with E-state index in [1.54, 1.807) is 11.0 Å². The highest BCUT2D eigenvalue weighted by molar-refractivity contribution is 5.95. The molecule has 2 saturated heterocycles. The molecule has 0 radical (unpaired) electrons. The average Bonchev–Trinajstić information content (AvgIpc) is 3.06. The van der Waals surface area contributed by atoms with Gasteiger partial charge in [0.1, 0.15) is 0 Å². The molecule has 2 fully saturated rings. The van der Waals surface area contributed by atoms with Gasteiger partial charge in [-0.05, 0) is 24.0 Å². The van der Waals surface area contributed by atoms with E-state index in [0.29, 0.717) is 17.4 Å². The molecule has 3 rings (SSSR count). The highest BCUT2D eigenvalue weighted by Crippen LogP contribution is 2.31. The Morgan fingerprint density at radius 2 is 2.00 bits per heavy atom. The molecule has 0 unspecified atom stereocenters. The van der Waals surface area contributed by atoms with Crippen molar-refractivity contribution in [2.75, 3.05) is 33.3 Å². The maximum atomic E-state index is 12.5. The minimum Gasteiger partial charge on any atom is -0.490 e. The Balaban J connectivity index is 0.00000176. The van der Waals surface area contributed by atoms with Crippen LogP contribution in [0.4, 0.5) is 5.69 Å². The third-order valence-electron chi connectivity index (χ3n) is 4.30. The molecule has 2 aliphatic rings. The van der Waals surface area contributed by atoms with Crippen LogP contribution in [0.15, 0.2) is 18.2 Å². The monoisotopic (exact) mass is 327 g/mol. The molecule has 7 nitrogen and oxygen atoms in total. The van der Waals surface area contributed by atoms with Gasteiger partial charge >= 0.3 is 5.69 Å². The highest BCUT2D eigenvalue weighted by atomic mass is 35.5. The summed E-state index contributed by atoms with van der Waals surface area (Å²) in [5.74, 6) is 1.03. The van der Waals surface area contributed by atoms with Crippen molar-refractivity contribution in [3.05, 3.63) is 33.9 Å². The lowest BCUT2D eigenvalue weighted by Crippen LogP contribution is -2.31. The fourth-order valence-corrected chi connectivity index (χ4v) is 3.17. The summed E-state index contributed by atoms with van der Waals surface area (Å²) in [4.78, 5) is 24.8. The van der Waals surface area contributed by atoms with Crippen LogP contribution in [0.3, 0.4) is 0 Å². The number of ether oxygens (including phenoxy) is 1. The molecule has 1 aromatic rings. The first-order valence-electron chi connectivity index (χ1n) is 6.92. The van der Waals surface area contributed by atoms with Crippen molar-refractivity contribution in [2.45, 2.75) is 0 Å². The lowest BCUT2D eigenvalue weighted by Gasteiger charge is -2.17. The van der Waals surface area contributed by atoms with Crippen molar-refractivity contribution in [3.8, 4) is 5.75 Å². The minimum atomic E-state index is -0.530. The maximum Gasteiger partial charge on any atom is 0.311 e. The van der Waals surface area contributed by atoms with Crippen molar-refractivity contribution in [1.29, 1.82) is 0 Å². The molecule has 0 saturated carbocycles. The van der Waals surface area contributed by atoms with Crippen LogP contribution in [-0.2, 0) is 0 Å². The summed E-state index contributed by atoms with van der Waals surface area (Å²) in [5.41, 5.74) is 0.167. The van der Waals surface area contributed by atoms with E-state index in [-0.39, 0.29) is 29.8 Å². The number of hydrogen-bond donors (Lipinski definition) is 1. The van der Waals surface area contributed by atoms with Crippen LogP contribution in [-0.4, -0.2) is 49.0 Å². The predicted molar refractivity (Wildman–Crippen MR) is 82.6 cm³/mol. The fourth-order valence-electron chi connectivity index (χ4n) is 3.17. The summed E-state index contributed by atoms with van der Waals surface area (Å²) in [7, 11) is 1.37. The second kappa shape index (κ2) is 6.50. The van der Waals surface area contributed by atoms with Gasteiger partial charge < -0.3 is 15.0 Å². The summed E-state index contributed by atoms with van der Waals surface area (Å²) < 4.78 is 4.95. The Bertz CT molecular complexity index is 583. The number of halogens is 1. The van der Waals surface area contributed by atoms with Crippen molar-refractivity contribution in [2.24, 2.45) is 11.8 Å². The van der Waals surface area contributed by atoms with Crippen LogP contribution in [0.5, 0.6) is 5.75 Å². The van der Waals surface area contributed by atoms with E-state index in [9.17, 15) is 14.9 Å². The van der Waals surface area contributed by atoms with Gasteiger partial charge in [0.05, 0.1) is 12.0 Å². The first kappa shape index (κ1) is 16.5. The van der Waals surface area contributed by atoms with E-state index in [4.69, 9.17) is 4.74 Å². The van der Waals surface area contributed by atoms with Crippen molar-refractivity contribution in [3.63, 3.8) is 0 Å². The first-order valence-corrected chi connectivity index (χ1v) is 6.92. The maximum absolute atomic E-state index is 12.5. The highest BCUT2D eigenvalue weighted by Gasteiger charge is 2.38. The smallest absolute Gasteiger partial charge is 0.311 e. The molecular weight excluding hydrogens is 310 g/mol. The summed E-state index contributed by atoms with van der Waals surface area (Å²) in [6.07, 6.45) is 0. The van der Waals surface area contributed by atoms with Crippen molar-refractivity contribution >= 4 is 24.0 Å². The molecule has 2 heterocycles. The minimum absolute atomic E-state index is 0. The van der Waals surface area contributed by atoms with Gasteiger partial charge in [-0.15, -0.1) is 12.4 Å². The molecule has 1 amide bonds. The van der Waals surface area contributed by atoms with Gasteiger partial charge in [-0.25, -0.2) is 0 Å². The number of hydrogen-bond acceptors (Lipinski definition) is 5. The number of likely N-dealkylation sites (tertiary alicyclic amines) is 1. The molecule has 120 valence electrons. The SMILES string of the molecule is COc1ccc(C(=O)N2C[C@H]3CNC[C@H]3C2)cc1[N+](=O)[O-].Cl. The second-order valence-electron chi connectivity index (χ2n) is 5.53. The zero-order valence-corrected chi connectivity index (χ0v) is 13.0. The zero-order valence-electron chi connectivity index (χ0n) is 12.2. The van der Waals surface area contributed by atoms with E-state index < -0.39 is 4.92 Å². The van der Waals surface area contributed by atoms with Gasteiger partial charge in [-0.3, -0.25) is 14.9 Å². The lowest BCUT2D eigenvalue weighted by molar-refractivity contribution is -0.385. The molecule has 1 aromatic carbocycles. The number of methoxy groups -OCH3 is 1. The van der Waals surface area contributed by atoms with E-state index in [1.807, 2.05) is 0 Å². The first-order chi connectivity index (χ1) is 10.1. The number of nitro benzene ring substituents is 1. The summed E-state index contributed by atoms with van der Waals surface area (Å²) in [6.45, 7) is 3.32.